The summed E-state index contributed by atoms with van der Waals surface area (Å²) >= 11 is 9.31. The van der Waals surface area contributed by atoms with E-state index in [1.54, 1.807) is 22.7 Å². The Labute approximate surface area is 114 Å². The summed E-state index contributed by atoms with van der Waals surface area (Å²) in [6.45, 7) is 1.02. The van der Waals surface area contributed by atoms with E-state index >= 15 is 0 Å². The van der Waals surface area contributed by atoms with Crippen LogP contribution in [0.15, 0.2) is 29.6 Å². The van der Waals surface area contributed by atoms with Gasteiger partial charge in [-0.15, -0.1) is 22.7 Å². The molecule has 2 nitrogen and oxygen atoms in total. The highest BCUT2D eigenvalue weighted by molar-refractivity contribution is 7.16. The molecule has 0 amide bonds. The second kappa shape index (κ2) is 6.52. The van der Waals surface area contributed by atoms with E-state index in [4.69, 9.17) is 16.7 Å². The number of halogens is 1. The fourth-order valence-electron chi connectivity index (χ4n) is 1.61. The van der Waals surface area contributed by atoms with Crippen molar-refractivity contribution in [1.29, 1.82) is 0 Å². The fraction of sp³-hybridized carbons (Fsp3) is 0.333. The first-order chi connectivity index (χ1) is 8.31. The number of aliphatic hydroxyl groups excluding tert-OH is 1. The number of hydrogen-bond acceptors (Lipinski definition) is 4. The van der Waals surface area contributed by atoms with Gasteiger partial charge in [0, 0.05) is 16.4 Å². The van der Waals surface area contributed by atoms with Crippen molar-refractivity contribution in [2.45, 2.75) is 12.5 Å². The highest BCUT2D eigenvalue weighted by Crippen LogP contribution is 2.32. The van der Waals surface area contributed by atoms with Crippen molar-refractivity contribution < 1.29 is 5.11 Å². The van der Waals surface area contributed by atoms with Gasteiger partial charge in [0.25, 0.3) is 0 Å². The third-order valence-corrected chi connectivity index (χ3v) is 4.62. The first-order valence-corrected chi connectivity index (χ1v) is 7.51. The summed E-state index contributed by atoms with van der Waals surface area (Å²) in [4.78, 5) is 2.50. The van der Waals surface area contributed by atoms with Gasteiger partial charge < -0.3 is 10.4 Å². The van der Waals surface area contributed by atoms with Crippen LogP contribution in [0.5, 0.6) is 0 Å². The lowest BCUT2D eigenvalue weighted by molar-refractivity contribution is 0.285. The van der Waals surface area contributed by atoms with Crippen molar-refractivity contribution in [3.63, 3.8) is 0 Å². The predicted molar refractivity (Wildman–Crippen MR) is 75.2 cm³/mol. The van der Waals surface area contributed by atoms with Crippen LogP contribution < -0.4 is 5.32 Å². The molecule has 0 saturated carbocycles. The Morgan fingerprint density at radius 2 is 2.18 bits per heavy atom. The summed E-state index contributed by atoms with van der Waals surface area (Å²) in [5, 5.41) is 14.4. The van der Waals surface area contributed by atoms with Crippen LogP contribution in [-0.4, -0.2) is 18.3 Å². The van der Waals surface area contributed by atoms with Crippen LogP contribution in [0.1, 0.15) is 22.2 Å². The predicted octanol–water partition coefficient (Wildman–Crippen LogP) is 3.52. The molecule has 0 aliphatic rings. The molecule has 0 spiro atoms. The minimum atomic E-state index is 0.194. The Morgan fingerprint density at radius 3 is 2.76 bits per heavy atom. The quantitative estimate of drug-likeness (QED) is 0.797. The Bertz CT molecular complexity index is 441. The zero-order valence-corrected chi connectivity index (χ0v) is 11.6. The van der Waals surface area contributed by atoms with Crippen LogP contribution in [-0.2, 0) is 0 Å². The summed E-state index contributed by atoms with van der Waals surface area (Å²) in [5.41, 5.74) is 0. The minimum absolute atomic E-state index is 0.194. The van der Waals surface area contributed by atoms with E-state index in [2.05, 4.69) is 28.9 Å². The summed E-state index contributed by atoms with van der Waals surface area (Å²) in [6, 6.07) is 8.35. The van der Waals surface area contributed by atoms with E-state index in [1.807, 2.05) is 6.07 Å². The smallest absolute Gasteiger partial charge is 0.0931 e. The van der Waals surface area contributed by atoms with Crippen LogP contribution in [0.2, 0.25) is 4.34 Å². The summed E-state index contributed by atoms with van der Waals surface area (Å²) in [6.07, 6.45) is 0.765. The number of thiophene rings is 2. The lowest BCUT2D eigenvalue weighted by Gasteiger charge is -2.15. The van der Waals surface area contributed by atoms with Gasteiger partial charge in [-0.25, -0.2) is 0 Å². The summed E-state index contributed by atoms with van der Waals surface area (Å²) in [7, 11) is 0. The van der Waals surface area contributed by atoms with Crippen molar-refractivity contribution in [1.82, 2.24) is 5.32 Å². The van der Waals surface area contributed by atoms with Crippen LogP contribution in [0, 0.1) is 0 Å². The molecule has 1 unspecified atom stereocenters. The largest absolute Gasteiger partial charge is 0.396 e. The van der Waals surface area contributed by atoms with Gasteiger partial charge in [0.05, 0.1) is 10.4 Å². The molecule has 5 heteroatoms. The molecular formula is C12H14ClNOS2. The monoisotopic (exact) mass is 287 g/mol. The molecule has 92 valence electrons. The van der Waals surface area contributed by atoms with E-state index in [1.165, 1.54) is 9.75 Å². The first-order valence-electron chi connectivity index (χ1n) is 5.44. The first kappa shape index (κ1) is 13.1. The molecule has 0 aliphatic heterocycles. The van der Waals surface area contributed by atoms with Crippen molar-refractivity contribution in [2.24, 2.45) is 0 Å². The Kier molecular flexibility index (Phi) is 5.00. The van der Waals surface area contributed by atoms with Gasteiger partial charge in [0.2, 0.25) is 0 Å². The molecule has 2 rings (SSSR count). The van der Waals surface area contributed by atoms with E-state index in [-0.39, 0.29) is 12.6 Å². The lowest BCUT2D eigenvalue weighted by atomic mass is 10.2. The summed E-state index contributed by atoms with van der Waals surface area (Å²) < 4.78 is 0.811. The topological polar surface area (TPSA) is 32.3 Å². The Balaban J connectivity index is 2.13. The Hall–Kier alpha value is -0.390. The molecule has 0 aromatic carbocycles. The van der Waals surface area contributed by atoms with Crippen molar-refractivity contribution >= 4 is 34.3 Å². The van der Waals surface area contributed by atoms with Gasteiger partial charge in [-0.3, -0.25) is 0 Å². The molecular weight excluding hydrogens is 274 g/mol. The highest BCUT2D eigenvalue weighted by atomic mass is 35.5. The van der Waals surface area contributed by atoms with Gasteiger partial charge in [0.1, 0.15) is 0 Å². The van der Waals surface area contributed by atoms with Gasteiger partial charge >= 0.3 is 0 Å². The van der Waals surface area contributed by atoms with Gasteiger partial charge in [-0.2, -0.15) is 0 Å². The number of nitrogens with one attached hydrogen (secondary N) is 1. The van der Waals surface area contributed by atoms with Crippen molar-refractivity contribution in [3.8, 4) is 0 Å². The van der Waals surface area contributed by atoms with Crippen LogP contribution in [0.3, 0.4) is 0 Å². The fourth-order valence-corrected chi connectivity index (χ4v) is 3.65. The third-order valence-electron chi connectivity index (χ3n) is 2.39. The average Bonchev–Trinajstić information content (AvgIpc) is 2.96. The maximum atomic E-state index is 8.83. The average molecular weight is 288 g/mol. The van der Waals surface area contributed by atoms with E-state index in [0.717, 1.165) is 17.3 Å². The molecule has 17 heavy (non-hydrogen) atoms. The molecule has 2 aromatic heterocycles. The third kappa shape index (κ3) is 3.53. The summed E-state index contributed by atoms with van der Waals surface area (Å²) in [5.74, 6) is 0. The van der Waals surface area contributed by atoms with E-state index in [0.29, 0.717) is 0 Å². The van der Waals surface area contributed by atoms with Gasteiger partial charge in [-0.1, -0.05) is 17.7 Å². The normalized spacial score (nSPS) is 12.8. The number of hydrogen-bond donors (Lipinski definition) is 2. The van der Waals surface area contributed by atoms with Crippen molar-refractivity contribution in [3.05, 3.63) is 43.7 Å². The molecule has 0 aliphatic carbocycles. The highest BCUT2D eigenvalue weighted by Gasteiger charge is 2.16. The molecule has 2 N–H and O–H groups in total. The van der Waals surface area contributed by atoms with Crippen LogP contribution in [0.4, 0.5) is 0 Å². The standard InChI is InChI=1S/C12H14ClNOS2/c13-11-5-4-10(17-11)12(14-6-2-7-15)9-3-1-8-16-9/h1,3-5,8,12,14-15H,2,6-7H2. The molecule has 0 bridgehead atoms. The molecule has 0 saturated heterocycles. The van der Waals surface area contributed by atoms with Crippen molar-refractivity contribution in [2.75, 3.05) is 13.2 Å². The second-order valence-electron chi connectivity index (χ2n) is 3.62. The van der Waals surface area contributed by atoms with Gasteiger partial charge in [0.15, 0.2) is 0 Å². The maximum Gasteiger partial charge on any atom is 0.0931 e. The minimum Gasteiger partial charge on any atom is -0.396 e. The van der Waals surface area contributed by atoms with E-state index < -0.39 is 0 Å². The zero-order chi connectivity index (χ0) is 12.1. The van der Waals surface area contributed by atoms with Gasteiger partial charge in [-0.05, 0) is 36.5 Å². The lowest BCUT2D eigenvalue weighted by Crippen LogP contribution is -2.22. The number of aliphatic hydroxyl groups is 1. The molecule has 2 aromatic rings. The second-order valence-corrected chi connectivity index (χ2v) is 6.35. The molecule has 0 fully saturated rings. The zero-order valence-electron chi connectivity index (χ0n) is 9.23. The van der Waals surface area contributed by atoms with Crippen LogP contribution >= 0.6 is 34.3 Å². The Morgan fingerprint density at radius 1 is 1.29 bits per heavy atom. The number of rotatable bonds is 6. The molecule has 0 radical (unpaired) electrons. The molecule has 1 atom stereocenters. The maximum absolute atomic E-state index is 8.83. The van der Waals surface area contributed by atoms with Crippen LogP contribution in [0.25, 0.3) is 0 Å². The SMILES string of the molecule is OCCCNC(c1cccs1)c1ccc(Cl)s1. The van der Waals surface area contributed by atoms with E-state index in [9.17, 15) is 0 Å². The molecule has 2 heterocycles.